The molecule has 0 amide bonds. The summed E-state index contributed by atoms with van der Waals surface area (Å²) in [6.45, 7) is 2.43. The highest BCUT2D eigenvalue weighted by Gasteiger charge is 2.18. The van der Waals surface area contributed by atoms with Gasteiger partial charge in [-0.15, -0.1) is 0 Å². The standard InChI is InChI=1S/C14H19ClN2O4/c1-2-3-4-5-6-7-8-21-14(18)12-9-11(17(19)20)10-16-13(12)15/h9-10H,2-8H2,1H3. The molecule has 0 saturated heterocycles. The molecule has 0 unspecified atom stereocenters. The number of carbonyl (C=O) groups excluding carboxylic acids is 1. The van der Waals surface area contributed by atoms with Crippen LogP contribution in [0.5, 0.6) is 0 Å². The van der Waals surface area contributed by atoms with Gasteiger partial charge in [0, 0.05) is 6.07 Å². The predicted octanol–water partition coefficient (Wildman–Crippen LogP) is 4.16. The Labute approximate surface area is 128 Å². The van der Waals surface area contributed by atoms with Crippen LogP contribution in [0.4, 0.5) is 5.69 Å². The Morgan fingerprint density at radius 1 is 1.33 bits per heavy atom. The number of carbonyl (C=O) groups is 1. The number of esters is 1. The van der Waals surface area contributed by atoms with Crippen molar-refractivity contribution in [2.45, 2.75) is 45.4 Å². The highest BCUT2D eigenvalue weighted by Crippen LogP contribution is 2.20. The zero-order valence-corrected chi connectivity index (χ0v) is 12.8. The van der Waals surface area contributed by atoms with Crippen LogP contribution in [0, 0.1) is 10.1 Å². The number of ether oxygens (including phenoxy) is 1. The van der Waals surface area contributed by atoms with Crippen molar-refractivity contribution in [1.29, 1.82) is 0 Å². The van der Waals surface area contributed by atoms with Crippen LogP contribution in [-0.2, 0) is 4.74 Å². The molecule has 7 heteroatoms. The summed E-state index contributed by atoms with van der Waals surface area (Å²) in [4.78, 5) is 25.4. The minimum absolute atomic E-state index is 0.0724. The first-order valence-corrected chi connectivity index (χ1v) is 7.41. The molecule has 0 aliphatic rings. The van der Waals surface area contributed by atoms with Crippen LogP contribution >= 0.6 is 11.6 Å². The number of hydrogen-bond acceptors (Lipinski definition) is 5. The lowest BCUT2D eigenvalue weighted by atomic mass is 10.1. The van der Waals surface area contributed by atoms with E-state index in [-0.39, 0.29) is 23.0 Å². The van der Waals surface area contributed by atoms with Crippen molar-refractivity contribution in [2.75, 3.05) is 6.61 Å². The van der Waals surface area contributed by atoms with E-state index in [4.69, 9.17) is 16.3 Å². The number of nitro groups is 1. The normalized spacial score (nSPS) is 10.4. The van der Waals surface area contributed by atoms with Crippen molar-refractivity contribution in [3.63, 3.8) is 0 Å². The summed E-state index contributed by atoms with van der Waals surface area (Å²) in [6, 6.07) is 1.08. The minimum atomic E-state index is -0.676. The lowest BCUT2D eigenvalue weighted by Crippen LogP contribution is -2.08. The number of rotatable bonds is 9. The Kier molecular flexibility index (Phi) is 7.68. The topological polar surface area (TPSA) is 82.3 Å². The smallest absolute Gasteiger partial charge is 0.341 e. The Bertz CT molecular complexity index is 494. The highest BCUT2D eigenvalue weighted by molar-refractivity contribution is 6.32. The van der Waals surface area contributed by atoms with Crippen LogP contribution < -0.4 is 0 Å². The Morgan fingerprint density at radius 2 is 2.00 bits per heavy atom. The van der Waals surface area contributed by atoms with Crippen molar-refractivity contribution in [3.05, 3.63) is 33.1 Å². The first-order chi connectivity index (χ1) is 10.1. The summed E-state index contributed by atoms with van der Waals surface area (Å²) in [7, 11) is 0. The van der Waals surface area contributed by atoms with E-state index in [2.05, 4.69) is 11.9 Å². The van der Waals surface area contributed by atoms with Crippen LogP contribution in [0.25, 0.3) is 0 Å². The molecular weight excluding hydrogens is 296 g/mol. The molecule has 1 aromatic heterocycles. The van der Waals surface area contributed by atoms with Crippen LogP contribution in [0.15, 0.2) is 12.3 Å². The number of pyridine rings is 1. The first kappa shape index (κ1) is 17.4. The third-order valence-electron chi connectivity index (χ3n) is 2.99. The number of hydrogen-bond donors (Lipinski definition) is 0. The monoisotopic (exact) mass is 314 g/mol. The van der Waals surface area contributed by atoms with E-state index >= 15 is 0 Å². The van der Waals surface area contributed by atoms with Gasteiger partial charge in [-0.2, -0.15) is 0 Å². The summed E-state index contributed by atoms with van der Waals surface area (Å²) in [5.41, 5.74) is -0.359. The molecule has 0 saturated carbocycles. The van der Waals surface area contributed by atoms with Gasteiger partial charge in [-0.25, -0.2) is 9.78 Å². The fraction of sp³-hybridized carbons (Fsp3) is 0.571. The fourth-order valence-corrected chi connectivity index (χ4v) is 1.99. The molecule has 0 bridgehead atoms. The Balaban J connectivity index is 2.41. The van der Waals surface area contributed by atoms with Gasteiger partial charge in [-0.1, -0.05) is 50.6 Å². The van der Waals surface area contributed by atoms with E-state index in [0.29, 0.717) is 0 Å². The van der Waals surface area contributed by atoms with E-state index in [9.17, 15) is 14.9 Å². The quantitative estimate of drug-likeness (QED) is 0.225. The molecular formula is C14H19ClN2O4. The minimum Gasteiger partial charge on any atom is -0.462 e. The average molecular weight is 315 g/mol. The van der Waals surface area contributed by atoms with Crippen molar-refractivity contribution < 1.29 is 14.5 Å². The number of aromatic nitrogens is 1. The van der Waals surface area contributed by atoms with Gasteiger partial charge in [-0.05, 0) is 6.42 Å². The zero-order valence-electron chi connectivity index (χ0n) is 12.0. The SMILES string of the molecule is CCCCCCCCOC(=O)c1cc([N+](=O)[O-])cnc1Cl. The van der Waals surface area contributed by atoms with Crippen molar-refractivity contribution in [1.82, 2.24) is 4.98 Å². The molecule has 116 valence electrons. The van der Waals surface area contributed by atoms with Crippen molar-refractivity contribution in [2.24, 2.45) is 0 Å². The molecule has 0 atom stereocenters. The molecule has 6 nitrogen and oxygen atoms in total. The molecule has 1 rings (SSSR count). The van der Waals surface area contributed by atoms with E-state index in [1.54, 1.807) is 0 Å². The second-order valence-electron chi connectivity index (χ2n) is 4.69. The van der Waals surface area contributed by atoms with Crippen molar-refractivity contribution in [3.8, 4) is 0 Å². The summed E-state index contributed by atoms with van der Waals surface area (Å²) in [6.07, 6.45) is 7.48. The third kappa shape index (κ3) is 6.08. The summed E-state index contributed by atoms with van der Waals surface area (Å²) in [5.74, 6) is -0.676. The number of halogens is 1. The molecule has 0 fully saturated rings. The van der Waals surface area contributed by atoms with Gasteiger partial charge in [0.15, 0.2) is 0 Å². The molecule has 21 heavy (non-hydrogen) atoms. The largest absolute Gasteiger partial charge is 0.462 e. The molecule has 1 heterocycles. The van der Waals surface area contributed by atoms with Gasteiger partial charge < -0.3 is 4.74 Å². The molecule has 0 aliphatic carbocycles. The molecule has 0 spiro atoms. The Hall–Kier alpha value is -1.69. The lowest BCUT2D eigenvalue weighted by Gasteiger charge is -2.05. The van der Waals surface area contributed by atoms with E-state index in [0.717, 1.165) is 31.5 Å². The summed E-state index contributed by atoms with van der Waals surface area (Å²) in [5, 5.41) is 10.6. The zero-order chi connectivity index (χ0) is 15.7. The van der Waals surface area contributed by atoms with E-state index in [1.807, 2.05) is 0 Å². The van der Waals surface area contributed by atoms with Gasteiger partial charge in [0.05, 0.1) is 11.5 Å². The number of nitrogens with zero attached hydrogens (tertiary/aromatic N) is 2. The molecule has 0 aliphatic heterocycles. The lowest BCUT2D eigenvalue weighted by molar-refractivity contribution is -0.385. The van der Waals surface area contributed by atoms with Crippen LogP contribution in [0.3, 0.4) is 0 Å². The van der Waals surface area contributed by atoms with Crippen molar-refractivity contribution >= 4 is 23.3 Å². The van der Waals surface area contributed by atoms with Crippen LogP contribution in [-0.4, -0.2) is 22.5 Å². The van der Waals surface area contributed by atoms with Gasteiger partial charge >= 0.3 is 5.97 Å². The van der Waals surface area contributed by atoms with Crippen LogP contribution in [0.2, 0.25) is 5.15 Å². The molecule has 0 radical (unpaired) electrons. The maximum Gasteiger partial charge on any atom is 0.341 e. The predicted molar refractivity (Wildman–Crippen MR) is 79.6 cm³/mol. The Morgan fingerprint density at radius 3 is 2.67 bits per heavy atom. The van der Waals surface area contributed by atoms with Gasteiger partial charge in [0.2, 0.25) is 0 Å². The van der Waals surface area contributed by atoms with Gasteiger partial charge in [0.1, 0.15) is 16.9 Å². The third-order valence-corrected chi connectivity index (χ3v) is 3.29. The van der Waals surface area contributed by atoms with E-state index in [1.165, 1.54) is 19.3 Å². The van der Waals surface area contributed by atoms with E-state index < -0.39 is 10.9 Å². The molecule has 0 N–H and O–H groups in total. The maximum atomic E-state index is 11.8. The fourth-order valence-electron chi connectivity index (χ4n) is 1.81. The summed E-state index contributed by atoms with van der Waals surface area (Å²) >= 11 is 5.76. The first-order valence-electron chi connectivity index (χ1n) is 7.03. The van der Waals surface area contributed by atoms with Gasteiger partial charge in [0.25, 0.3) is 5.69 Å². The van der Waals surface area contributed by atoms with Crippen LogP contribution in [0.1, 0.15) is 55.8 Å². The second kappa shape index (κ2) is 9.28. The number of unbranched alkanes of at least 4 members (excludes halogenated alkanes) is 5. The molecule has 0 aromatic carbocycles. The second-order valence-corrected chi connectivity index (χ2v) is 5.05. The van der Waals surface area contributed by atoms with Gasteiger partial charge in [-0.3, -0.25) is 10.1 Å². The maximum absolute atomic E-state index is 11.8. The highest BCUT2D eigenvalue weighted by atomic mass is 35.5. The molecule has 1 aromatic rings. The summed E-state index contributed by atoms with van der Waals surface area (Å²) < 4.78 is 5.06. The average Bonchev–Trinajstić information content (AvgIpc) is 2.46.